The van der Waals surface area contributed by atoms with Crippen LogP contribution in [0, 0.1) is 0 Å². The molecule has 0 amide bonds. The minimum Gasteiger partial charge on any atom is -0.298 e. The Morgan fingerprint density at radius 2 is 1.22 bits per heavy atom. The number of hydrogen-bond donors (Lipinski definition) is 1. The summed E-state index contributed by atoms with van der Waals surface area (Å²) < 4.78 is 30.6. The van der Waals surface area contributed by atoms with Gasteiger partial charge in [-0.05, 0) is 18.1 Å². The fourth-order valence-electron chi connectivity index (χ4n) is 3.06. The summed E-state index contributed by atoms with van der Waals surface area (Å²) in [4.78, 5) is 12.6. The molecule has 0 aromatic heterocycles. The molecule has 0 aliphatic rings. The van der Waals surface area contributed by atoms with Crippen LogP contribution >= 0.6 is 0 Å². The summed E-state index contributed by atoms with van der Waals surface area (Å²) in [6, 6.07) is 23.6. The normalized spacial score (nSPS) is 13.7. The standard InChI is InChI=1S/C23H21F2NO/c1-17(18-11-5-2-6-12-18)26-21(19-13-7-3-8-14-19)23(24,25)22(27)20-15-9-4-10-16-20/h2-17,21,26H,1H3/t17-,21-/m1/s1. The van der Waals surface area contributed by atoms with Crippen LogP contribution in [0.5, 0.6) is 0 Å². The van der Waals surface area contributed by atoms with E-state index in [1.807, 2.05) is 37.3 Å². The highest BCUT2D eigenvalue weighted by Gasteiger charge is 2.48. The van der Waals surface area contributed by atoms with Gasteiger partial charge in [0.1, 0.15) is 6.04 Å². The van der Waals surface area contributed by atoms with E-state index in [2.05, 4.69) is 5.32 Å². The second kappa shape index (κ2) is 8.23. The number of Topliss-reactive ketones (excluding diaryl/α,β-unsaturated/α-hetero) is 1. The molecule has 1 N–H and O–H groups in total. The molecular formula is C23H21F2NO. The third-order valence-electron chi connectivity index (χ3n) is 4.55. The molecule has 0 fully saturated rings. The smallest absolute Gasteiger partial charge is 0.298 e. The molecule has 0 aliphatic heterocycles. The van der Waals surface area contributed by atoms with Crippen molar-refractivity contribution in [3.05, 3.63) is 108 Å². The first-order valence-corrected chi connectivity index (χ1v) is 8.83. The topological polar surface area (TPSA) is 29.1 Å². The van der Waals surface area contributed by atoms with Crippen molar-refractivity contribution in [1.82, 2.24) is 5.32 Å². The number of carbonyl (C=O) groups excluding carboxylic acids is 1. The molecule has 0 heterocycles. The SMILES string of the molecule is C[C@@H](N[C@H](c1ccccc1)C(F)(F)C(=O)c1ccccc1)c1ccccc1. The number of carbonyl (C=O) groups is 1. The molecular weight excluding hydrogens is 344 g/mol. The fourth-order valence-corrected chi connectivity index (χ4v) is 3.06. The summed E-state index contributed by atoms with van der Waals surface area (Å²) >= 11 is 0. The van der Waals surface area contributed by atoms with Gasteiger partial charge in [-0.3, -0.25) is 10.1 Å². The van der Waals surface area contributed by atoms with E-state index in [0.717, 1.165) is 5.56 Å². The van der Waals surface area contributed by atoms with Gasteiger partial charge >= 0.3 is 5.92 Å². The maximum atomic E-state index is 15.3. The van der Waals surface area contributed by atoms with Gasteiger partial charge in [0, 0.05) is 11.6 Å². The Balaban J connectivity index is 1.95. The van der Waals surface area contributed by atoms with Crippen molar-refractivity contribution < 1.29 is 13.6 Å². The highest BCUT2D eigenvalue weighted by Crippen LogP contribution is 2.36. The Hall–Kier alpha value is -2.85. The van der Waals surface area contributed by atoms with Crippen LogP contribution in [0.1, 0.15) is 40.5 Å². The second-order valence-corrected chi connectivity index (χ2v) is 6.46. The van der Waals surface area contributed by atoms with E-state index >= 15 is 8.78 Å². The van der Waals surface area contributed by atoms with Crippen LogP contribution in [0.4, 0.5) is 8.78 Å². The van der Waals surface area contributed by atoms with Crippen molar-refractivity contribution in [3.8, 4) is 0 Å². The van der Waals surface area contributed by atoms with Crippen molar-refractivity contribution in [2.75, 3.05) is 0 Å². The number of rotatable bonds is 7. The number of hydrogen-bond acceptors (Lipinski definition) is 2. The number of nitrogens with one attached hydrogen (secondary N) is 1. The van der Waals surface area contributed by atoms with E-state index in [0.29, 0.717) is 5.56 Å². The Labute approximate surface area is 157 Å². The molecule has 0 saturated heterocycles. The van der Waals surface area contributed by atoms with Gasteiger partial charge in [0.25, 0.3) is 0 Å². The van der Waals surface area contributed by atoms with Gasteiger partial charge < -0.3 is 0 Å². The quantitative estimate of drug-likeness (QED) is 0.553. The molecule has 0 radical (unpaired) electrons. The minimum absolute atomic E-state index is 0.00223. The van der Waals surface area contributed by atoms with Gasteiger partial charge in [0.05, 0.1) is 0 Å². The van der Waals surface area contributed by atoms with Gasteiger partial charge in [-0.2, -0.15) is 8.78 Å². The van der Waals surface area contributed by atoms with Crippen LogP contribution in [-0.4, -0.2) is 11.7 Å². The number of benzene rings is 3. The predicted octanol–water partition coefficient (Wildman–Crippen LogP) is 5.60. The van der Waals surface area contributed by atoms with Crippen molar-refractivity contribution >= 4 is 5.78 Å². The average Bonchev–Trinajstić information content (AvgIpc) is 2.73. The summed E-state index contributed by atoms with van der Waals surface area (Å²) in [6.07, 6.45) is 0. The minimum atomic E-state index is -3.61. The molecule has 0 bridgehead atoms. The van der Waals surface area contributed by atoms with Crippen LogP contribution in [-0.2, 0) is 0 Å². The first-order valence-electron chi connectivity index (χ1n) is 8.83. The van der Waals surface area contributed by atoms with Crippen LogP contribution < -0.4 is 5.32 Å². The van der Waals surface area contributed by atoms with Crippen molar-refractivity contribution in [2.45, 2.75) is 24.9 Å². The van der Waals surface area contributed by atoms with E-state index in [9.17, 15) is 4.79 Å². The Kier molecular flexibility index (Phi) is 5.77. The van der Waals surface area contributed by atoms with E-state index in [1.165, 1.54) is 12.1 Å². The van der Waals surface area contributed by atoms with E-state index in [-0.39, 0.29) is 11.6 Å². The zero-order valence-electron chi connectivity index (χ0n) is 15.0. The van der Waals surface area contributed by atoms with Gasteiger partial charge in [0.2, 0.25) is 5.78 Å². The third-order valence-corrected chi connectivity index (χ3v) is 4.55. The summed E-state index contributed by atoms with van der Waals surface area (Å²) in [5.41, 5.74) is 1.24. The highest BCUT2D eigenvalue weighted by atomic mass is 19.3. The van der Waals surface area contributed by atoms with Gasteiger partial charge in [-0.25, -0.2) is 0 Å². The molecule has 0 unspecified atom stereocenters. The Morgan fingerprint density at radius 1 is 0.778 bits per heavy atom. The van der Waals surface area contributed by atoms with Gasteiger partial charge in [0.15, 0.2) is 0 Å². The summed E-state index contributed by atoms with van der Waals surface area (Å²) in [6.45, 7) is 1.81. The van der Waals surface area contributed by atoms with E-state index < -0.39 is 17.7 Å². The summed E-state index contributed by atoms with van der Waals surface area (Å²) in [5, 5.41) is 2.97. The second-order valence-electron chi connectivity index (χ2n) is 6.46. The molecule has 0 spiro atoms. The monoisotopic (exact) mass is 365 g/mol. The van der Waals surface area contributed by atoms with E-state index in [4.69, 9.17) is 0 Å². The van der Waals surface area contributed by atoms with Crippen LogP contribution in [0.25, 0.3) is 0 Å². The molecule has 3 aromatic carbocycles. The number of alkyl halides is 2. The summed E-state index contributed by atoms with van der Waals surface area (Å²) in [7, 11) is 0. The van der Waals surface area contributed by atoms with Crippen LogP contribution in [0.15, 0.2) is 91.0 Å². The molecule has 138 valence electrons. The maximum Gasteiger partial charge on any atom is 0.328 e. The van der Waals surface area contributed by atoms with Crippen LogP contribution in [0.2, 0.25) is 0 Å². The molecule has 2 nitrogen and oxygen atoms in total. The Morgan fingerprint density at radius 3 is 1.74 bits per heavy atom. The van der Waals surface area contributed by atoms with Crippen molar-refractivity contribution in [1.29, 1.82) is 0 Å². The zero-order chi connectivity index (χ0) is 19.3. The predicted molar refractivity (Wildman–Crippen MR) is 103 cm³/mol. The van der Waals surface area contributed by atoms with Gasteiger partial charge in [-0.1, -0.05) is 91.0 Å². The maximum absolute atomic E-state index is 15.3. The largest absolute Gasteiger partial charge is 0.328 e. The highest BCUT2D eigenvalue weighted by molar-refractivity contribution is 6.01. The lowest BCUT2D eigenvalue weighted by Crippen LogP contribution is -2.44. The lowest BCUT2D eigenvalue weighted by molar-refractivity contribution is -0.0188. The molecule has 4 heteroatoms. The molecule has 2 atom stereocenters. The first-order chi connectivity index (χ1) is 13.0. The molecule has 27 heavy (non-hydrogen) atoms. The third kappa shape index (κ3) is 4.29. The zero-order valence-corrected chi connectivity index (χ0v) is 15.0. The molecule has 3 rings (SSSR count). The van der Waals surface area contributed by atoms with Crippen molar-refractivity contribution in [2.24, 2.45) is 0 Å². The lowest BCUT2D eigenvalue weighted by Gasteiger charge is -2.30. The first kappa shape index (κ1) is 18.9. The number of ketones is 1. The summed E-state index contributed by atoms with van der Waals surface area (Å²) in [5.74, 6) is -4.80. The fraction of sp³-hybridized carbons (Fsp3) is 0.174. The van der Waals surface area contributed by atoms with E-state index in [1.54, 1.807) is 48.5 Å². The van der Waals surface area contributed by atoms with Gasteiger partial charge in [-0.15, -0.1) is 0 Å². The molecule has 0 saturated carbocycles. The molecule has 3 aromatic rings. The van der Waals surface area contributed by atoms with Crippen LogP contribution in [0.3, 0.4) is 0 Å². The number of halogens is 2. The molecule has 0 aliphatic carbocycles. The van der Waals surface area contributed by atoms with Crippen molar-refractivity contribution in [3.63, 3.8) is 0 Å². The average molecular weight is 365 g/mol. The Bertz CT molecular complexity index is 867. The lowest BCUT2D eigenvalue weighted by atomic mass is 9.92.